The van der Waals surface area contributed by atoms with E-state index in [2.05, 4.69) is 37.8 Å². The quantitative estimate of drug-likeness (QED) is 0.535. The molecule has 0 unspecified atom stereocenters. The molecule has 1 saturated carbocycles. The molecule has 112 valence electrons. The Kier molecular flexibility index (Phi) is 6.14. The smallest absolute Gasteiger partial charge is 0.0589 e. The van der Waals surface area contributed by atoms with Crippen molar-refractivity contribution >= 4 is 23.2 Å². The zero-order valence-electron chi connectivity index (χ0n) is 12.5. The van der Waals surface area contributed by atoms with E-state index in [4.69, 9.17) is 23.2 Å². The molecule has 2 aliphatic rings. The van der Waals surface area contributed by atoms with Crippen LogP contribution in [0.25, 0.3) is 0 Å². The van der Waals surface area contributed by atoms with Crippen LogP contribution in [0.15, 0.2) is 69.8 Å². The molecule has 0 aromatic carbocycles. The monoisotopic (exact) mass is 320 g/mol. The second kappa shape index (κ2) is 7.87. The van der Waals surface area contributed by atoms with Gasteiger partial charge in [0.25, 0.3) is 0 Å². The van der Waals surface area contributed by atoms with Gasteiger partial charge in [0.05, 0.1) is 10.1 Å². The lowest BCUT2D eigenvalue weighted by Gasteiger charge is -2.29. The summed E-state index contributed by atoms with van der Waals surface area (Å²) in [5.74, 6) is 0.437. The lowest BCUT2D eigenvalue weighted by Crippen LogP contribution is -2.14. The molecule has 0 aliphatic heterocycles. The molecule has 0 aromatic heterocycles. The van der Waals surface area contributed by atoms with E-state index >= 15 is 0 Å². The van der Waals surface area contributed by atoms with Crippen LogP contribution < -0.4 is 0 Å². The van der Waals surface area contributed by atoms with E-state index in [0.717, 1.165) is 19.3 Å². The highest BCUT2D eigenvalue weighted by Crippen LogP contribution is 2.40. The van der Waals surface area contributed by atoms with Crippen molar-refractivity contribution in [2.45, 2.75) is 39.0 Å². The Morgan fingerprint density at radius 2 is 2.10 bits per heavy atom. The fraction of sp³-hybridized carbons (Fsp3) is 0.368. The van der Waals surface area contributed by atoms with Gasteiger partial charge in [-0.3, -0.25) is 0 Å². The van der Waals surface area contributed by atoms with E-state index in [1.54, 1.807) is 0 Å². The molecule has 0 N–H and O–H groups in total. The van der Waals surface area contributed by atoms with Crippen LogP contribution in [0.4, 0.5) is 0 Å². The van der Waals surface area contributed by atoms with E-state index in [1.807, 2.05) is 12.2 Å². The maximum Gasteiger partial charge on any atom is 0.0589 e. The lowest BCUT2D eigenvalue weighted by atomic mass is 9.76. The predicted octanol–water partition coefficient (Wildman–Crippen LogP) is 6.81. The van der Waals surface area contributed by atoms with Crippen molar-refractivity contribution in [3.05, 3.63) is 69.8 Å². The Morgan fingerprint density at radius 3 is 2.86 bits per heavy atom. The zero-order chi connectivity index (χ0) is 15.2. The van der Waals surface area contributed by atoms with Crippen molar-refractivity contribution in [1.82, 2.24) is 0 Å². The van der Waals surface area contributed by atoms with Gasteiger partial charge in [0.15, 0.2) is 0 Å². The van der Waals surface area contributed by atoms with Crippen LogP contribution in [0.2, 0.25) is 0 Å². The summed E-state index contributed by atoms with van der Waals surface area (Å²) in [6.45, 7) is 6.41. The Bertz CT molecular complexity index is 556. The van der Waals surface area contributed by atoms with Gasteiger partial charge in [0.1, 0.15) is 0 Å². The third-order valence-electron chi connectivity index (χ3n) is 4.04. The van der Waals surface area contributed by atoms with Crippen molar-refractivity contribution in [2.24, 2.45) is 5.92 Å². The number of hydrogen-bond donors (Lipinski definition) is 0. The van der Waals surface area contributed by atoms with Gasteiger partial charge in [-0.1, -0.05) is 78.2 Å². The van der Waals surface area contributed by atoms with E-state index in [9.17, 15) is 0 Å². The van der Waals surface area contributed by atoms with Gasteiger partial charge in [-0.25, -0.2) is 0 Å². The summed E-state index contributed by atoms with van der Waals surface area (Å²) in [7, 11) is 0. The van der Waals surface area contributed by atoms with Gasteiger partial charge >= 0.3 is 0 Å². The summed E-state index contributed by atoms with van der Waals surface area (Å²) >= 11 is 12.2. The first kappa shape index (κ1) is 16.4. The summed E-state index contributed by atoms with van der Waals surface area (Å²) in [5, 5.41) is 1.27. The lowest BCUT2D eigenvalue weighted by molar-refractivity contribution is 0.554. The first-order chi connectivity index (χ1) is 10.1. The van der Waals surface area contributed by atoms with Crippen molar-refractivity contribution in [3.8, 4) is 0 Å². The van der Waals surface area contributed by atoms with Crippen LogP contribution in [-0.4, -0.2) is 0 Å². The number of allylic oxidation sites excluding steroid dienone is 11. The molecule has 0 amide bonds. The van der Waals surface area contributed by atoms with Crippen LogP contribution in [0.5, 0.6) is 0 Å². The highest BCUT2D eigenvalue weighted by atomic mass is 35.5. The standard InChI is InChI=1S/C19H22Cl2/c1-3-4-5-8-16-14(2)7-6-9-17(16)15-10-12-18(20)19(21)13-11-15/h4-5,8,10,12-13,17H,2-3,6-7,9,11H2,1H3/b5-4-,16-8+/t17-/m0/s1. The molecule has 2 heteroatoms. The van der Waals surface area contributed by atoms with Crippen molar-refractivity contribution in [3.63, 3.8) is 0 Å². The minimum Gasteiger partial charge on any atom is -0.0955 e. The van der Waals surface area contributed by atoms with Crippen molar-refractivity contribution in [1.29, 1.82) is 0 Å². The Morgan fingerprint density at radius 1 is 1.29 bits per heavy atom. The predicted molar refractivity (Wildman–Crippen MR) is 94.6 cm³/mol. The highest BCUT2D eigenvalue weighted by molar-refractivity contribution is 6.44. The number of rotatable bonds is 3. The van der Waals surface area contributed by atoms with Crippen molar-refractivity contribution in [2.75, 3.05) is 0 Å². The molecule has 0 saturated heterocycles. The maximum atomic E-state index is 6.13. The van der Waals surface area contributed by atoms with Crippen LogP contribution in [-0.2, 0) is 0 Å². The minimum absolute atomic E-state index is 0.437. The summed E-state index contributed by atoms with van der Waals surface area (Å²) in [4.78, 5) is 0. The Balaban J connectivity index is 2.29. The second-order valence-electron chi connectivity index (χ2n) is 5.52. The fourth-order valence-electron chi connectivity index (χ4n) is 2.88. The molecule has 1 fully saturated rings. The van der Waals surface area contributed by atoms with Crippen LogP contribution in [0.3, 0.4) is 0 Å². The largest absolute Gasteiger partial charge is 0.0955 e. The second-order valence-corrected chi connectivity index (χ2v) is 6.33. The van der Waals surface area contributed by atoms with Crippen LogP contribution in [0.1, 0.15) is 39.0 Å². The third-order valence-corrected chi connectivity index (χ3v) is 4.82. The molecule has 0 bridgehead atoms. The average Bonchev–Trinajstić information content (AvgIpc) is 2.64. The maximum absolute atomic E-state index is 6.13. The molecule has 21 heavy (non-hydrogen) atoms. The summed E-state index contributed by atoms with van der Waals surface area (Å²) in [5.41, 5.74) is 4.01. The minimum atomic E-state index is 0.437. The van der Waals surface area contributed by atoms with E-state index in [1.165, 1.54) is 29.6 Å². The Hall–Kier alpha value is -0.980. The summed E-state index contributed by atoms with van der Waals surface area (Å²) < 4.78 is 0. The molecular weight excluding hydrogens is 299 g/mol. The molecule has 0 spiro atoms. The summed E-state index contributed by atoms with van der Waals surface area (Å²) in [6, 6.07) is 0. The van der Waals surface area contributed by atoms with E-state index in [0.29, 0.717) is 16.0 Å². The van der Waals surface area contributed by atoms with Gasteiger partial charge in [-0.15, -0.1) is 0 Å². The normalized spacial score (nSPS) is 25.7. The SMILES string of the molecule is C=C1CCC[C@@H](C2=CC=C(Cl)C(Cl)=CC2)/C1=C/C=C\CC. The zero-order valence-corrected chi connectivity index (χ0v) is 14.1. The van der Waals surface area contributed by atoms with E-state index in [-0.39, 0.29) is 0 Å². The molecule has 2 rings (SSSR count). The highest BCUT2D eigenvalue weighted by Gasteiger charge is 2.24. The van der Waals surface area contributed by atoms with E-state index < -0.39 is 0 Å². The molecule has 0 aromatic rings. The topological polar surface area (TPSA) is 0 Å². The Labute approximate surface area is 138 Å². The van der Waals surface area contributed by atoms with Gasteiger partial charge in [-0.05, 0) is 43.8 Å². The van der Waals surface area contributed by atoms with Gasteiger partial charge < -0.3 is 0 Å². The molecule has 1 atom stereocenters. The molecule has 0 nitrogen and oxygen atoms in total. The number of halogens is 2. The fourth-order valence-corrected chi connectivity index (χ4v) is 3.16. The number of hydrogen-bond acceptors (Lipinski definition) is 0. The average molecular weight is 321 g/mol. The molecule has 0 heterocycles. The molecule has 0 radical (unpaired) electrons. The van der Waals surface area contributed by atoms with Crippen molar-refractivity contribution < 1.29 is 0 Å². The molecule has 2 aliphatic carbocycles. The molecular formula is C19H22Cl2. The first-order valence-electron chi connectivity index (χ1n) is 7.60. The van der Waals surface area contributed by atoms with Crippen LogP contribution >= 0.6 is 23.2 Å². The van der Waals surface area contributed by atoms with Gasteiger partial charge in [-0.2, -0.15) is 0 Å². The van der Waals surface area contributed by atoms with Gasteiger partial charge in [0, 0.05) is 5.92 Å². The first-order valence-corrected chi connectivity index (χ1v) is 8.36. The summed E-state index contributed by atoms with van der Waals surface area (Å²) in [6.07, 6.45) is 18.0. The van der Waals surface area contributed by atoms with Gasteiger partial charge in [0.2, 0.25) is 0 Å². The third kappa shape index (κ3) is 4.25. The van der Waals surface area contributed by atoms with Crippen LogP contribution in [0, 0.1) is 5.92 Å².